The molecule has 2 aromatic heterocycles. The minimum atomic E-state index is 0.582. The van der Waals surface area contributed by atoms with Gasteiger partial charge in [0.25, 0.3) is 0 Å². The lowest BCUT2D eigenvalue weighted by atomic mass is 10.3. The largest absolute Gasteiger partial charge is 0.360 e. The summed E-state index contributed by atoms with van der Waals surface area (Å²) < 4.78 is 7.19. The lowest BCUT2D eigenvalue weighted by Gasteiger charge is -2.01. The predicted octanol–water partition coefficient (Wildman–Crippen LogP) is 1.16. The van der Waals surface area contributed by atoms with Gasteiger partial charge in [0.2, 0.25) is 0 Å². The van der Waals surface area contributed by atoms with Gasteiger partial charge in [-0.2, -0.15) is 0 Å². The molecular formula is C11H17N5OS. The molecule has 0 aliphatic rings. The zero-order chi connectivity index (χ0) is 13.0. The Morgan fingerprint density at radius 3 is 2.94 bits per heavy atom. The van der Waals surface area contributed by atoms with E-state index in [1.165, 1.54) is 0 Å². The summed E-state index contributed by atoms with van der Waals surface area (Å²) in [6, 6.07) is 1.98. The lowest BCUT2D eigenvalue weighted by Crippen LogP contribution is -2.08. The highest BCUT2D eigenvalue weighted by Gasteiger charge is 2.10. The Hall–Kier alpha value is -1.34. The van der Waals surface area contributed by atoms with Crippen LogP contribution < -0.4 is 5.73 Å². The van der Waals surface area contributed by atoms with Gasteiger partial charge in [-0.3, -0.25) is 0 Å². The third kappa shape index (κ3) is 2.91. The van der Waals surface area contributed by atoms with Crippen LogP contribution in [0.5, 0.6) is 0 Å². The van der Waals surface area contributed by atoms with E-state index in [9.17, 15) is 0 Å². The molecule has 7 heteroatoms. The maximum atomic E-state index is 5.51. The van der Waals surface area contributed by atoms with Crippen LogP contribution in [0.2, 0.25) is 0 Å². The SMILES string of the molecule is CCc1cc(CSc2nnc(CCN)n2C)on1. The molecule has 0 unspecified atom stereocenters. The van der Waals surface area contributed by atoms with Crippen molar-refractivity contribution >= 4 is 11.8 Å². The summed E-state index contributed by atoms with van der Waals surface area (Å²) in [6.07, 6.45) is 1.63. The molecule has 6 nitrogen and oxygen atoms in total. The number of aryl methyl sites for hydroxylation is 1. The van der Waals surface area contributed by atoms with Crippen molar-refractivity contribution in [2.45, 2.75) is 30.7 Å². The number of nitrogens with two attached hydrogens (primary N) is 1. The Labute approximate surface area is 110 Å². The standard InChI is InChI=1S/C11H17N5OS/c1-3-8-6-9(17-15-8)7-18-11-14-13-10(4-5-12)16(11)2/h6H,3-5,7,12H2,1-2H3. The maximum Gasteiger partial charge on any atom is 0.191 e. The van der Waals surface area contributed by atoms with Gasteiger partial charge in [0.05, 0.1) is 11.4 Å². The molecule has 0 radical (unpaired) electrons. The van der Waals surface area contributed by atoms with Crippen LogP contribution in [0.3, 0.4) is 0 Å². The fraction of sp³-hybridized carbons (Fsp3) is 0.545. The Morgan fingerprint density at radius 2 is 2.28 bits per heavy atom. The Morgan fingerprint density at radius 1 is 1.44 bits per heavy atom. The average Bonchev–Trinajstić information content (AvgIpc) is 2.96. The molecule has 2 N–H and O–H groups in total. The summed E-state index contributed by atoms with van der Waals surface area (Å²) in [5.74, 6) is 2.48. The summed E-state index contributed by atoms with van der Waals surface area (Å²) in [7, 11) is 1.95. The molecule has 0 fully saturated rings. The molecule has 0 saturated carbocycles. The van der Waals surface area contributed by atoms with Gasteiger partial charge < -0.3 is 14.8 Å². The normalized spacial score (nSPS) is 11.1. The van der Waals surface area contributed by atoms with Gasteiger partial charge in [0.15, 0.2) is 5.16 Å². The van der Waals surface area contributed by atoms with Gasteiger partial charge in [-0.1, -0.05) is 23.8 Å². The lowest BCUT2D eigenvalue weighted by molar-refractivity contribution is 0.389. The topological polar surface area (TPSA) is 82.8 Å². The van der Waals surface area contributed by atoms with Crippen LogP contribution in [0.4, 0.5) is 0 Å². The summed E-state index contributed by atoms with van der Waals surface area (Å²) in [5, 5.41) is 13.1. The number of nitrogens with zero attached hydrogens (tertiary/aromatic N) is 4. The zero-order valence-corrected chi connectivity index (χ0v) is 11.4. The predicted molar refractivity (Wildman–Crippen MR) is 69.2 cm³/mol. The molecule has 0 saturated heterocycles. The molecule has 0 atom stereocenters. The molecule has 98 valence electrons. The highest BCUT2D eigenvalue weighted by Crippen LogP contribution is 2.21. The molecular weight excluding hydrogens is 250 g/mol. The second-order valence-corrected chi connectivity index (χ2v) is 4.87. The quantitative estimate of drug-likeness (QED) is 0.791. The van der Waals surface area contributed by atoms with Crippen molar-refractivity contribution < 1.29 is 4.52 Å². The van der Waals surface area contributed by atoms with Gasteiger partial charge >= 0.3 is 0 Å². The van der Waals surface area contributed by atoms with Crippen molar-refractivity contribution in [1.29, 1.82) is 0 Å². The smallest absolute Gasteiger partial charge is 0.191 e. The molecule has 0 amide bonds. The second kappa shape index (κ2) is 6.01. The fourth-order valence-electron chi connectivity index (χ4n) is 1.54. The number of hydrogen-bond donors (Lipinski definition) is 1. The number of aromatic nitrogens is 4. The van der Waals surface area contributed by atoms with E-state index < -0.39 is 0 Å². The summed E-state index contributed by atoms with van der Waals surface area (Å²) in [4.78, 5) is 0. The highest BCUT2D eigenvalue weighted by molar-refractivity contribution is 7.98. The van der Waals surface area contributed by atoms with Gasteiger partial charge in [-0.05, 0) is 13.0 Å². The first kappa shape index (κ1) is 13.1. The van der Waals surface area contributed by atoms with E-state index in [1.807, 2.05) is 17.7 Å². The van der Waals surface area contributed by atoms with Crippen molar-refractivity contribution in [3.63, 3.8) is 0 Å². The molecule has 0 spiro atoms. The van der Waals surface area contributed by atoms with Crippen molar-refractivity contribution in [3.8, 4) is 0 Å². The first-order chi connectivity index (χ1) is 8.74. The van der Waals surface area contributed by atoms with Crippen LogP contribution in [-0.4, -0.2) is 26.5 Å². The molecule has 0 aromatic carbocycles. The minimum absolute atomic E-state index is 0.582. The van der Waals surface area contributed by atoms with Crippen LogP contribution in [0, 0.1) is 0 Å². The fourth-order valence-corrected chi connectivity index (χ4v) is 2.35. The summed E-state index contributed by atoms with van der Waals surface area (Å²) in [6.45, 7) is 2.63. The van der Waals surface area contributed by atoms with Crippen molar-refractivity contribution in [2.24, 2.45) is 12.8 Å². The van der Waals surface area contributed by atoms with E-state index >= 15 is 0 Å². The monoisotopic (exact) mass is 267 g/mol. The van der Waals surface area contributed by atoms with E-state index in [1.54, 1.807) is 11.8 Å². The first-order valence-electron chi connectivity index (χ1n) is 5.90. The van der Waals surface area contributed by atoms with Crippen LogP contribution in [-0.2, 0) is 25.6 Å². The molecule has 0 aliphatic heterocycles. The van der Waals surface area contributed by atoms with Gasteiger partial charge in [-0.25, -0.2) is 0 Å². The van der Waals surface area contributed by atoms with E-state index in [0.717, 1.165) is 35.3 Å². The van der Waals surface area contributed by atoms with Gasteiger partial charge in [0, 0.05) is 19.5 Å². The van der Waals surface area contributed by atoms with Gasteiger partial charge in [0.1, 0.15) is 11.6 Å². The van der Waals surface area contributed by atoms with Crippen molar-refractivity contribution in [2.75, 3.05) is 6.54 Å². The zero-order valence-electron chi connectivity index (χ0n) is 10.6. The summed E-state index contributed by atoms with van der Waals surface area (Å²) >= 11 is 1.59. The van der Waals surface area contributed by atoms with E-state index in [-0.39, 0.29) is 0 Å². The third-order valence-electron chi connectivity index (χ3n) is 2.61. The average molecular weight is 267 g/mol. The van der Waals surface area contributed by atoms with Crippen LogP contribution in [0.15, 0.2) is 15.7 Å². The van der Waals surface area contributed by atoms with E-state index in [0.29, 0.717) is 12.3 Å². The molecule has 0 aliphatic carbocycles. The van der Waals surface area contributed by atoms with Crippen molar-refractivity contribution in [3.05, 3.63) is 23.3 Å². The Bertz CT molecular complexity index is 507. The third-order valence-corrected chi connectivity index (χ3v) is 3.65. The Kier molecular flexibility index (Phi) is 4.38. The van der Waals surface area contributed by atoms with Crippen LogP contribution in [0.25, 0.3) is 0 Å². The number of thioether (sulfide) groups is 1. The molecule has 2 aromatic rings. The molecule has 0 bridgehead atoms. The molecule has 2 rings (SSSR count). The molecule has 18 heavy (non-hydrogen) atoms. The Balaban J connectivity index is 1.97. The first-order valence-corrected chi connectivity index (χ1v) is 6.88. The van der Waals surface area contributed by atoms with Gasteiger partial charge in [-0.15, -0.1) is 10.2 Å². The maximum absolute atomic E-state index is 5.51. The van der Waals surface area contributed by atoms with E-state index in [2.05, 4.69) is 22.3 Å². The van der Waals surface area contributed by atoms with Crippen LogP contribution >= 0.6 is 11.8 Å². The van der Waals surface area contributed by atoms with E-state index in [4.69, 9.17) is 10.3 Å². The summed E-state index contributed by atoms with van der Waals surface area (Å²) in [5.41, 5.74) is 6.49. The number of rotatable bonds is 6. The minimum Gasteiger partial charge on any atom is -0.360 e. The highest BCUT2D eigenvalue weighted by atomic mass is 32.2. The van der Waals surface area contributed by atoms with Crippen molar-refractivity contribution in [1.82, 2.24) is 19.9 Å². The molecule has 2 heterocycles. The van der Waals surface area contributed by atoms with Crippen LogP contribution in [0.1, 0.15) is 24.2 Å². The second-order valence-electron chi connectivity index (χ2n) is 3.92. The number of hydrogen-bond acceptors (Lipinski definition) is 6.